The van der Waals surface area contributed by atoms with Gasteiger partial charge in [-0.1, -0.05) is 96.3 Å². The van der Waals surface area contributed by atoms with Gasteiger partial charge in [0, 0.05) is 7.59 Å². The predicted octanol–water partition coefficient (Wildman–Crippen LogP) is 6.62. The highest BCUT2D eigenvalue weighted by Crippen LogP contribution is 2.51. The largest absolute Gasteiger partial charge is 0.108 e. The zero-order chi connectivity index (χ0) is 18.7. The van der Waals surface area contributed by atoms with Crippen molar-refractivity contribution in [2.75, 3.05) is 0 Å². The van der Waals surface area contributed by atoms with Crippen molar-refractivity contribution in [3.63, 3.8) is 0 Å². The lowest BCUT2D eigenvalue weighted by atomic mass is 10.1. The maximum Gasteiger partial charge on any atom is 0.108 e. The number of hydrogen-bond donors (Lipinski definition) is 0. The standard InChI is InChI=1S/C24H30Si2/c1-17-15-19-11-7-9-13-21(19)23(17)26(6,25(3,4)5)24-18(2)16-20-12-8-10-14-22(20)24/h7-14H,15-16H2,1-6H3. The summed E-state index contributed by atoms with van der Waals surface area (Å²) < 4.78 is 0. The van der Waals surface area contributed by atoms with Crippen LogP contribution >= 0.6 is 0 Å². The van der Waals surface area contributed by atoms with E-state index in [9.17, 15) is 0 Å². The van der Waals surface area contributed by atoms with Crippen molar-refractivity contribution in [3.05, 3.63) is 81.9 Å². The van der Waals surface area contributed by atoms with Gasteiger partial charge in [0.25, 0.3) is 0 Å². The van der Waals surface area contributed by atoms with Crippen molar-refractivity contribution in [3.8, 4) is 0 Å². The smallest absolute Gasteiger partial charge is 0.0709 e. The van der Waals surface area contributed by atoms with Crippen LogP contribution in [0, 0.1) is 0 Å². The topological polar surface area (TPSA) is 0 Å². The van der Waals surface area contributed by atoms with E-state index in [1.54, 1.807) is 43.8 Å². The van der Waals surface area contributed by atoms with Gasteiger partial charge in [-0.15, -0.1) is 0 Å². The van der Waals surface area contributed by atoms with E-state index in [2.05, 4.69) is 88.6 Å². The van der Waals surface area contributed by atoms with E-state index in [1.807, 2.05) is 0 Å². The van der Waals surface area contributed by atoms with Crippen molar-refractivity contribution < 1.29 is 0 Å². The van der Waals surface area contributed by atoms with E-state index in [4.69, 9.17) is 0 Å². The molecule has 2 aromatic carbocycles. The fraction of sp³-hybridized carbons (Fsp3) is 0.333. The summed E-state index contributed by atoms with van der Waals surface area (Å²) in [6.07, 6.45) is 2.29. The molecule has 0 saturated carbocycles. The Labute approximate surface area is 160 Å². The molecule has 2 aromatic rings. The van der Waals surface area contributed by atoms with Crippen molar-refractivity contribution in [1.82, 2.24) is 0 Å². The molecule has 0 aromatic heterocycles. The maximum absolute atomic E-state index is 2.70. The highest BCUT2D eigenvalue weighted by molar-refractivity contribution is 7.54. The molecule has 134 valence electrons. The van der Waals surface area contributed by atoms with Gasteiger partial charge in [-0.05, 0) is 48.9 Å². The second-order valence-electron chi connectivity index (χ2n) is 9.35. The van der Waals surface area contributed by atoms with Crippen LogP contribution in [0.1, 0.15) is 36.1 Å². The monoisotopic (exact) mass is 374 g/mol. The van der Waals surface area contributed by atoms with E-state index in [0.717, 1.165) is 12.8 Å². The van der Waals surface area contributed by atoms with Gasteiger partial charge >= 0.3 is 0 Å². The molecule has 0 aliphatic heterocycles. The third-order valence-electron chi connectivity index (χ3n) is 6.84. The molecule has 0 nitrogen and oxygen atoms in total. The lowest BCUT2D eigenvalue weighted by Crippen LogP contribution is -2.57. The number of hydrogen-bond acceptors (Lipinski definition) is 0. The highest BCUT2D eigenvalue weighted by Gasteiger charge is 2.51. The molecule has 0 amide bonds. The average molecular weight is 375 g/mol. The SMILES string of the molecule is CC1=C([Si](C)(C2=C(C)Cc3ccccc32)[Si](C)(C)C)c2ccccc2C1. The van der Waals surface area contributed by atoms with E-state index >= 15 is 0 Å². The lowest BCUT2D eigenvalue weighted by Gasteiger charge is -2.43. The molecule has 26 heavy (non-hydrogen) atoms. The molecular formula is C24H30Si2. The first-order valence-corrected chi connectivity index (χ1v) is 16.8. The Morgan fingerprint density at radius 2 is 1.00 bits per heavy atom. The van der Waals surface area contributed by atoms with Crippen LogP contribution in [-0.2, 0) is 12.8 Å². The lowest BCUT2D eigenvalue weighted by molar-refractivity contribution is 1.19. The van der Waals surface area contributed by atoms with Crippen LogP contribution in [0.3, 0.4) is 0 Å². The molecular weight excluding hydrogens is 344 g/mol. The fourth-order valence-corrected chi connectivity index (χ4v) is 17.1. The Balaban J connectivity index is 2.01. The maximum atomic E-state index is 2.70. The molecule has 2 aliphatic rings. The molecule has 0 unspecified atom stereocenters. The summed E-state index contributed by atoms with van der Waals surface area (Å²) in [4.78, 5) is 0. The zero-order valence-corrected chi connectivity index (χ0v) is 19.0. The Morgan fingerprint density at radius 1 is 0.615 bits per heavy atom. The van der Waals surface area contributed by atoms with Crippen LogP contribution in [0.15, 0.2) is 59.7 Å². The van der Waals surface area contributed by atoms with Crippen molar-refractivity contribution in [1.29, 1.82) is 0 Å². The molecule has 0 bridgehead atoms. The molecule has 0 radical (unpaired) electrons. The summed E-state index contributed by atoms with van der Waals surface area (Å²) in [5.74, 6) is 0. The number of fused-ring (bicyclic) bond motifs is 2. The quantitative estimate of drug-likeness (QED) is 0.530. The second-order valence-corrected chi connectivity index (χ2v) is 24.6. The minimum Gasteiger partial charge on any atom is -0.0709 e. The number of rotatable bonds is 3. The Morgan fingerprint density at radius 3 is 1.38 bits per heavy atom. The third kappa shape index (κ3) is 2.39. The van der Waals surface area contributed by atoms with E-state index in [1.165, 1.54) is 0 Å². The van der Waals surface area contributed by atoms with Gasteiger partial charge in [0.05, 0.1) is 0 Å². The molecule has 0 heterocycles. The average Bonchev–Trinajstić information content (AvgIpc) is 3.08. The summed E-state index contributed by atoms with van der Waals surface area (Å²) in [7, 11) is -3.25. The molecule has 4 rings (SSSR count). The fourth-order valence-electron chi connectivity index (χ4n) is 5.31. The molecule has 2 heteroatoms. The van der Waals surface area contributed by atoms with Crippen LogP contribution < -0.4 is 0 Å². The molecule has 2 aliphatic carbocycles. The van der Waals surface area contributed by atoms with Crippen molar-refractivity contribution >= 4 is 25.6 Å². The van der Waals surface area contributed by atoms with Crippen LogP contribution in [0.5, 0.6) is 0 Å². The number of allylic oxidation sites excluding steroid dienone is 2. The summed E-state index contributed by atoms with van der Waals surface area (Å²) >= 11 is 0. The molecule has 0 saturated heterocycles. The van der Waals surface area contributed by atoms with E-state index in [0.29, 0.717) is 0 Å². The van der Waals surface area contributed by atoms with Gasteiger partial charge in [0.15, 0.2) is 0 Å². The molecule has 0 fully saturated rings. The zero-order valence-electron chi connectivity index (χ0n) is 17.0. The summed E-state index contributed by atoms with van der Waals surface area (Å²) in [6.45, 7) is 15.3. The Hall–Kier alpha value is -1.65. The van der Waals surface area contributed by atoms with Gasteiger partial charge in [0.2, 0.25) is 0 Å². The van der Waals surface area contributed by atoms with Crippen LogP contribution in [0.2, 0.25) is 26.2 Å². The summed E-state index contributed by atoms with van der Waals surface area (Å²) in [6, 6.07) is 18.4. The summed E-state index contributed by atoms with van der Waals surface area (Å²) in [5.41, 5.74) is 9.47. The first-order valence-electron chi connectivity index (χ1n) is 9.82. The van der Waals surface area contributed by atoms with Gasteiger partial charge < -0.3 is 0 Å². The van der Waals surface area contributed by atoms with Crippen molar-refractivity contribution in [2.45, 2.75) is 52.9 Å². The Bertz CT molecular complexity index is 885. The first-order chi connectivity index (χ1) is 12.2. The van der Waals surface area contributed by atoms with Crippen LogP contribution in [0.4, 0.5) is 0 Å². The van der Waals surface area contributed by atoms with Crippen LogP contribution in [-0.4, -0.2) is 15.2 Å². The normalized spacial score (nSPS) is 17.0. The Kier molecular flexibility index (Phi) is 4.05. The van der Waals surface area contributed by atoms with Gasteiger partial charge in [0.1, 0.15) is 7.59 Å². The van der Waals surface area contributed by atoms with Crippen LogP contribution in [0.25, 0.3) is 10.4 Å². The van der Waals surface area contributed by atoms with E-state index < -0.39 is 15.2 Å². The molecule has 0 N–H and O–H groups in total. The number of benzene rings is 2. The minimum absolute atomic E-state index is 1.15. The van der Waals surface area contributed by atoms with E-state index in [-0.39, 0.29) is 0 Å². The predicted molar refractivity (Wildman–Crippen MR) is 120 cm³/mol. The first kappa shape index (κ1) is 17.8. The van der Waals surface area contributed by atoms with Gasteiger partial charge in [-0.2, -0.15) is 0 Å². The second kappa shape index (κ2) is 5.93. The van der Waals surface area contributed by atoms with Gasteiger partial charge in [-0.25, -0.2) is 0 Å². The van der Waals surface area contributed by atoms with Crippen molar-refractivity contribution in [2.24, 2.45) is 0 Å². The molecule has 0 spiro atoms. The van der Waals surface area contributed by atoms with Gasteiger partial charge in [-0.3, -0.25) is 0 Å². The highest BCUT2D eigenvalue weighted by atomic mass is 29.3. The third-order valence-corrected chi connectivity index (χ3v) is 23.7. The molecule has 0 atom stereocenters. The minimum atomic E-state index is -1.82. The summed E-state index contributed by atoms with van der Waals surface area (Å²) in [5, 5.41) is 3.52.